The zero-order valence-electron chi connectivity index (χ0n) is 24.5. The van der Waals surface area contributed by atoms with E-state index in [1.165, 1.54) is 11.1 Å². The molecule has 0 aliphatic rings. The zero-order chi connectivity index (χ0) is 30.3. The van der Waals surface area contributed by atoms with Crippen molar-refractivity contribution in [3.8, 4) is 0 Å². The van der Waals surface area contributed by atoms with E-state index in [2.05, 4.69) is 47.9 Å². The standard InChI is InChI=1S/C38H33N3O2S/c1-27-11-10-16-30(21-27)25-41-34-20-19-32(22-31(34)23-35(41)38(43)39-24-28-12-4-2-5-13-28)40-37(42)33-17-8-9-18-36(33)44-26-29-14-6-3-7-15-29/h2-23H,24-26H2,1H3,(H,39,43)(H,40,42). The minimum atomic E-state index is -0.166. The quantitative estimate of drug-likeness (QED) is 0.156. The van der Waals surface area contributed by atoms with Gasteiger partial charge in [-0.1, -0.05) is 103 Å². The largest absolute Gasteiger partial charge is 0.347 e. The molecule has 0 radical (unpaired) electrons. The van der Waals surface area contributed by atoms with E-state index in [9.17, 15) is 9.59 Å². The van der Waals surface area contributed by atoms with Crippen LogP contribution in [-0.4, -0.2) is 16.4 Å². The van der Waals surface area contributed by atoms with Gasteiger partial charge in [0.15, 0.2) is 0 Å². The van der Waals surface area contributed by atoms with Crippen molar-refractivity contribution in [2.24, 2.45) is 0 Å². The minimum absolute atomic E-state index is 0.146. The third-order valence-electron chi connectivity index (χ3n) is 7.48. The van der Waals surface area contributed by atoms with Crippen molar-refractivity contribution in [1.82, 2.24) is 9.88 Å². The maximum atomic E-state index is 13.5. The van der Waals surface area contributed by atoms with Crippen molar-refractivity contribution >= 4 is 40.2 Å². The summed E-state index contributed by atoms with van der Waals surface area (Å²) in [6.07, 6.45) is 0. The van der Waals surface area contributed by atoms with Crippen LogP contribution in [0.1, 0.15) is 43.1 Å². The third-order valence-corrected chi connectivity index (χ3v) is 8.62. The fourth-order valence-corrected chi connectivity index (χ4v) is 6.29. The molecule has 44 heavy (non-hydrogen) atoms. The van der Waals surface area contributed by atoms with E-state index in [1.54, 1.807) is 11.8 Å². The molecule has 0 aliphatic carbocycles. The van der Waals surface area contributed by atoms with Crippen LogP contribution in [0.25, 0.3) is 10.9 Å². The number of fused-ring (bicyclic) bond motifs is 1. The van der Waals surface area contributed by atoms with Gasteiger partial charge in [-0.15, -0.1) is 11.8 Å². The van der Waals surface area contributed by atoms with Gasteiger partial charge >= 0.3 is 0 Å². The molecule has 0 saturated carbocycles. The highest BCUT2D eigenvalue weighted by molar-refractivity contribution is 7.98. The first-order chi connectivity index (χ1) is 21.5. The minimum Gasteiger partial charge on any atom is -0.347 e. The maximum Gasteiger partial charge on any atom is 0.268 e. The highest BCUT2D eigenvalue weighted by Gasteiger charge is 2.18. The molecule has 2 N–H and O–H groups in total. The van der Waals surface area contributed by atoms with Crippen LogP contribution in [0.3, 0.4) is 0 Å². The molecule has 0 spiro atoms. The Morgan fingerprint density at radius 2 is 1.39 bits per heavy atom. The number of amides is 2. The topological polar surface area (TPSA) is 63.1 Å². The number of hydrogen-bond acceptors (Lipinski definition) is 3. The number of aryl methyl sites for hydroxylation is 1. The Morgan fingerprint density at radius 3 is 2.16 bits per heavy atom. The molecule has 2 amide bonds. The molecule has 1 heterocycles. The Kier molecular flexibility index (Phi) is 8.90. The first-order valence-electron chi connectivity index (χ1n) is 14.6. The van der Waals surface area contributed by atoms with Gasteiger partial charge in [0.1, 0.15) is 5.69 Å². The van der Waals surface area contributed by atoms with E-state index in [-0.39, 0.29) is 11.8 Å². The Hall–Kier alpha value is -5.07. The highest BCUT2D eigenvalue weighted by atomic mass is 32.2. The molecule has 0 unspecified atom stereocenters. The zero-order valence-corrected chi connectivity index (χ0v) is 25.3. The second kappa shape index (κ2) is 13.5. The van der Waals surface area contributed by atoms with Crippen LogP contribution in [0, 0.1) is 6.92 Å². The molecule has 0 saturated heterocycles. The van der Waals surface area contributed by atoms with E-state index in [1.807, 2.05) is 108 Å². The van der Waals surface area contributed by atoms with Crippen LogP contribution in [0.15, 0.2) is 138 Å². The summed E-state index contributed by atoms with van der Waals surface area (Å²) >= 11 is 1.65. The second-order valence-electron chi connectivity index (χ2n) is 10.8. The second-order valence-corrected chi connectivity index (χ2v) is 11.8. The molecule has 5 nitrogen and oxygen atoms in total. The maximum absolute atomic E-state index is 13.5. The van der Waals surface area contributed by atoms with E-state index >= 15 is 0 Å². The first-order valence-corrected chi connectivity index (χ1v) is 15.6. The molecule has 218 valence electrons. The molecule has 6 heteroatoms. The number of aromatic nitrogens is 1. The molecular weight excluding hydrogens is 563 g/mol. The van der Waals surface area contributed by atoms with Crippen molar-refractivity contribution in [1.29, 1.82) is 0 Å². The van der Waals surface area contributed by atoms with E-state index in [4.69, 9.17) is 0 Å². The number of nitrogens with one attached hydrogen (secondary N) is 2. The molecule has 0 atom stereocenters. The Bertz CT molecular complexity index is 1920. The summed E-state index contributed by atoms with van der Waals surface area (Å²) in [5.74, 6) is 0.467. The summed E-state index contributed by atoms with van der Waals surface area (Å²) in [4.78, 5) is 27.9. The van der Waals surface area contributed by atoms with Crippen molar-refractivity contribution in [2.75, 3.05) is 5.32 Å². The molecule has 0 bridgehead atoms. The van der Waals surface area contributed by atoms with Crippen LogP contribution in [0.5, 0.6) is 0 Å². The molecule has 6 aromatic rings. The van der Waals surface area contributed by atoms with Crippen molar-refractivity contribution < 1.29 is 9.59 Å². The molecule has 6 rings (SSSR count). The average molecular weight is 596 g/mol. The lowest BCUT2D eigenvalue weighted by molar-refractivity contribution is 0.0941. The number of anilines is 1. The number of hydrogen-bond donors (Lipinski definition) is 2. The predicted octanol–water partition coefficient (Wildman–Crippen LogP) is 8.47. The lowest BCUT2D eigenvalue weighted by Crippen LogP contribution is -2.25. The fourth-order valence-electron chi connectivity index (χ4n) is 5.28. The molecule has 5 aromatic carbocycles. The average Bonchev–Trinajstić information content (AvgIpc) is 3.41. The SMILES string of the molecule is Cc1cccc(Cn2c(C(=O)NCc3ccccc3)cc3cc(NC(=O)c4ccccc4SCc4ccccc4)ccc32)c1. The van der Waals surface area contributed by atoms with Crippen molar-refractivity contribution in [3.63, 3.8) is 0 Å². The van der Waals surface area contributed by atoms with E-state index in [0.29, 0.717) is 30.0 Å². The molecule has 0 aliphatic heterocycles. The van der Waals surface area contributed by atoms with E-state index in [0.717, 1.165) is 32.7 Å². The van der Waals surface area contributed by atoms with Gasteiger partial charge in [-0.3, -0.25) is 9.59 Å². The Morgan fingerprint density at radius 1 is 0.682 bits per heavy atom. The van der Waals surface area contributed by atoms with Gasteiger partial charge in [-0.05, 0) is 60.0 Å². The van der Waals surface area contributed by atoms with Crippen LogP contribution < -0.4 is 10.6 Å². The van der Waals surface area contributed by atoms with Crippen LogP contribution in [0.2, 0.25) is 0 Å². The van der Waals surface area contributed by atoms with Gasteiger partial charge in [-0.2, -0.15) is 0 Å². The summed E-state index contributed by atoms with van der Waals surface area (Å²) in [5, 5.41) is 7.05. The summed E-state index contributed by atoms with van der Waals surface area (Å²) < 4.78 is 2.05. The molecule has 0 fully saturated rings. The van der Waals surface area contributed by atoms with Gasteiger partial charge < -0.3 is 15.2 Å². The summed E-state index contributed by atoms with van der Waals surface area (Å²) in [6, 6.07) is 43.8. The number of benzene rings is 5. The number of carbonyl (C=O) groups is 2. The lowest BCUT2D eigenvalue weighted by atomic mass is 10.1. The first kappa shape index (κ1) is 29.0. The monoisotopic (exact) mass is 595 g/mol. The number of thioether (sulfide) groups is 1. The summed E-state index contributed by atoms with van der Waals surface area (Å²) in [7, 11) is 0. The van der Waals surface area contributed by atoms with E-state index < -0.39 is 0 Å². The lowest BCUT2D eigenvalue weighted by Gasteiger charge is -2.13. The number of carbonyl (C=O) groups excluding carboxylic acids is 2. The molecule has 1 aromatic heterocycles. The fraction of sp³-hybridized carbons (Fsp3) is 0.105. The third kappa shape index (κ3) is 6.93. The highest BCUT2D eigenvalue weighted by Crippen LogP contribution is 2.29. The van der Waals surface area contributed by atoms with Crippen molar-refractivity contribution in [2.45, 2.75) is 30.7 Å². The number of nitrogens with zero attached hydrogens (tertiary/aromatic N) is 1. The predicted molar refractivity (Wildman–Crippen MR) is 180 cm³/mol. The normalized spacial score (nSPS) is 10.9. The smallest absolute Gasteiger partial charge is 0.268 e. The van der Waals surface area contributed by atoms with Gasteiger partial charge in [0.2, 0.25) is 0 Å². The van der Waals surface area contributed by atoms with Gasteiger partial charge in [-0.25, -0.2) is 0 Å². The van der Waals surface area contributed by atoms with Gasteiger partial charge in [0.05, 0.1) is 5.56 Å². The van der Waals surface area contributed by atoms with Gasteiger partial charge in [0.25, 0.3) is 11.8 Å². The van der Waals surface area contributed by atoms with Crippen LogP contribution >= 0.6 is 11.8 Å². The number of rotatable bonds is 10. The Labute approximate surface area is 261 Å². The van der Waals surface area contributed by atoms with Crippen molar-refractivity contribution in [3.05, 3.63) is 167 Å². The summed E-state index contributed by atoms with van der Waals surface area (Å²) in [5.41, 5.74) is 7.33. The summed E-state index contributed by atoms with van der Waals surface area (Å²) in [6.45, 7) is 3.06. The molecular formula is C38H33N3O2S. The van der Waals surface area contributed by atoms with Crippen LogP contribution in [-0.2, 0) is 18.8 Å². The van der Waals surface area contributed by atoms with Gasteiger partial charge in [0, 0.05) is 40.3 Å². The van der Waals surface area contributed by atoms with Crippen LogP contribution in [0.4, 0.5) is 5.69 Å². The Balaban J connectivity index is 1.26.